The molecule has 0 fully saturated rings. The molecule has 0 aliphatic carbocycles. The average molecular weight is 396 g/mol. The summed E-state index contributed by atoms with van der Waals surface area (Å²) in [6.45, 7) is 4.73. The smallest absolute Gasteiger partial charge is 0.338 e. The van der Waals surface area contributed by atoms with Gasteiger partial charge in [-0.1, -0.05) is 32.0 Å². The predicted octanol–water partition coefficient (Wildman–Crippen LogP) is 4.53. The topological polar surface area (TPSA) is 83.7 Å². The molecule has 0 atom stereocenters. The molecule has 0 aliphatic heterocycles. The van der Waals surface area contributed by atoms with Crippen LogP contribution in [0.25, 0.3) is 11.5 Å². The van der Waals surface area contributed by atoms with Crippen LogP contribution >= 0.6 is 0 Å². The number of methoxy groups -OCH3 is 1. The summed E-state index contributed by atoms with van der Waals surface area (Å²) in [4.78, 5) is 12.4. The molecule has 3 rings (SSSR count). The number of carbonyl (C=O) groups excluding carboxylic acids is 1. The van der Waals surface area contributed by atoms with Crippen molar-refractivity contribution in [2.75, 3.05) is 13.7 Å². The summed E-state index contributed by atoms with van der Waals surface area (Å²) >= 11 is 0. The third kappa shape index (κ3) is 5.57. The molecule has 152 valence electrons. The van der Waals surface area contributed by atoms with Gasteiger partial charge in [0.05, 0.1) is 19.3 Å². The van der Waals surface area contributed by atoms with Crippen LogP contribution in [0.2, 0.25) is 0 Å². The van der Waals surface area contributed by atoms with Gasteiger partial charge in [0.2, 0.25) is 5.89 Å². The van der Waals surface area contributed by atoms with Gasteiger partial charge in [-0.3, -0.25) is 0 Å². The van der Waals surface area contributed by atoms with Gasteiger partial charge in [0, 0.05) is 5.56 Å². The van der Waals surface area contributed by atoms with Gasteiger partial charge in [0.25, 0.3) is 5.89 Å². The minimum atomic E-state index is -0.517. The maximum atomic E-state index is 12.4. The maximum Gasteiger partial charge on any atom is 0.338 e. The fourth-order valence-corrected chi connectivity index (χ4v) is 2.54. The summed E-state index contributed by atoms with van der Waals surface area (Å²) < 4.78 is 21.9. The Morgan fingerprint density at radius 1 is 1.07 bits per heavy atom. The van der Waals surface area contributed by atoms with Gasteiger partial charge in [0.15, 0.2) is 18.1 Å². The van der Waals surface area contributed by atoms with E-state index in [1.54, 1.807) is 18.2 Å². The molecule has 0 spiro atoms. The zero-order valence-corrected chi connectivity index (χ0v) is 16.8. The van der Waals surface area contributed by atoms with E-state index in [1.165, 1.54) is 7.11 Å². The van der Waals surface area contributed by atoms with E-state index in [-0.39, 0.29) is 12.5 Å². The molecule has 0 bridgehead atoms. The van der Waals surface area contributed by atoms with Gasteiger partial charge in [-0.15, -0.1) is 10.2 Å². The highest BCUT2D eigenvalue weighted by atomic mass is 16.5. The summed E-state index contributed by atoms with van der Waals surface area (Å²) in [6.07, 6.45) is 0.933. The number of nitrogens with zero attached hydrogens (tertiary/aromatic N) is 2. The quantitative estimate of drug-likeness (QED) is 0.491. The highest BCUT2D eigenvalue weighted by Crippen LogP contribution is 2.29. The normalized spacial score (nSPS) is 10.8. The highest BCUT2D eigenvalue weighted by Gasteiger charge is 2.15. The van der Waals surface area contributed by atoms with Gasteiger partial charge in [-0.25, -0.2) is 4.79 Å². The lowest BCUT2D eigenvalue weighted by atomic mass is 10.1. The number of hydrogen-bond donors (Lipinski definition) is 0. The summed E-state index contributed by atoms with van der Waals surface area (Å²) in [5.41, 5.74) is 1.15. The molecule has 0 saturated heterocycles. The SMILES string of the molecule is COc1cc(C(=O)OCc2nnc(-c3ccccc3)o2)ccc1OCCC(C)C. The van der Waals surface area contributed by atoms with Crippen LogP contribution in [-0.4, -0.2) is 29.9 Å². The van der Waals surface area contributed by atoms with Gasteiger partial charge >= 0.3 is 5.97 Å². The molecule has 1 aromatic heterocycles. The monoisotopic (exact) mass is 396 g/mol. The van der Waals surface area contributed by atoms with E-state index in [0.29, 0.717) is 35.5 Å². The van der Waals surface area contributed by atoms with Crippen molar-refractivity contribution in [3.63, 3.8) is 0 Å². The zero-order chi connectivity index (χ0) is 20.6. The molecule has 0 aliphatic rings. The molecular formula is C22H24N2O5. The Morgan fingerprint density at radius 2 is 1.86 bits per heavy atom. The van der Waals surface area contributed by atoms with E-state index in [9.17, 15) is 4.79 Å². The van der Waals surface area contributed by atoms with E-state index in [0.717, 1.165) is 12.0 Å². The molecule has 29 heavy (non-hydrogen) atoms. The van der Waals surface area contributed by atoms with Crippen LogP contribution in [-0.2, 0) is 11.3 Å². The Kier molecular flexibility index (Phi) is 6.84. The second kappa shape index (κ2) is 9.73. The summed E-state index contributed by atoms with van der Waals surface area (Å²) in [7, 11) is 1.53. The van der Waals surface area contributed by atoms with E-state index < -0.39 is 5.97 Å². The predicted molar refractivity (Wildman–Crippen MR) is 107 cm³/mol. The standard InChI is InChI=1S/C22H24N2O5/c1-15(2)11-12-27-18-10-9-17(13-19(18)26-3)22(25)28-14-20-23-24-21(29-20)16-7-5-4-6-8-16/h4-10,13,15H,11-12,14H2,1-3H3. The lowest BCUT2D eigenvalue weighted by Gasteiger charge is -2.12. The molecule has 0 saturated carbocycles. The molecule has 0 unspecified atom stereocenters. The Balaban J connectivity index is 1.60. The molecule has 1 heterocycles. The third-order valence-corrected chi connectivity index (χ3v) is 4.17. The van der Waals surface area contributed by atoms with Crippen LogP contribution in [0.5, 0.6) is 11.5 Å². The van der Waals surface area contributed by atoms with Crippen molar-refractivity contribution < 1.29 is 23.4 Å². The lowest BCUT2D eigenvalue weighted by Crippen LogP contribution is -2.07. The molecule has 3 aromatic rings. The van der Waals surface area contributed by atoms with Crippen molar-refractivity contribution >= 4 is 5.97 Å². The minimum absolute atomic E-state index is 0.117. The summed E-state index contributed by atoms with van der Waals surface area (Å²) in [5.74, 6) is 1.69. The minimum Gasteiger partial charge on any atom is -0.493 e. The Labute approximate surface area is 169 Å². The lowest BCUT2D eigenvalue weighted by molar-refractivity contribution is 0.0438. The number of aromatic nitrogens is 2. The van der Waals surface area contributed by atoms with E-state index in [2.05, 4.69) is 24.0 Å². The first-order valence-corrected chi connectivity index (χ1v) is 9.42. The van der Waals surface area contributed by atoms with E-state index in [1.807, 2.05) is 30.3 Å². The number of benzene rings is 2. The molecule has 2 aromatic carbocycles. The average Bonchev–Trinajstić information content (AvgIpc) is 3.21. The van der Waals surface area contributed by atoms with Crippen LogP contribution in [0, 0.1) is 5.92 Å². The Hall–Kier alpha value is -3.35. The molecule has 7 nitrogen and oxygen atoms in total. The first-order chi connectivity index (χ1) is 14.1. The van der Waals surface area contributed by atoms with Crippen LogP contribution < -0.4 is 9.47 Å². The maximum absolute atomic E-state index is 12.4. The third-order valence-electron chi connectivity index (χ3n) is 4.17. The second-order valence-electron chi connectivity index (χ2n) is 6.84. The first kappa shape index (κ1) is 20.4. The van der Waals surface area contributed by atoms with Gasteiger partial charge in [-0.05, 0) is 42.7 Å². The van der Waals surface area contributed by atoms with E-state index >= 15 is 0 Å². The number of ether oxygens (including phenoxy) is 3. The molecule has 7 heteroatoms. The number of carbonyl (C=O) groups is 1. The number of hydrogen-bond acceptors (Lipinski definition) is 7. The van der Waals surface area contributed by atoms with Crippen molar-refractivity contribution in [2.24, 2.45) is 5.92 Å². The van der Waals surface area contributed by atoms with Crippen molar-refractivity contribution in [3.8, 4) is 23.0 Å². The molecule has 0 amide bonds. The largest absolute Gasteiger partial charge is 0.493 e. The van der Waals surface area contributed by atoms with Gasteiger partial charge < -0.3 is 18.6 Å². The van der Waals surface area contributed by atoms with Crippen LogP contribution in [0.3, 0.4) is 0 Å². The second-order valence-corrected chi connectivity index (χ2v) is 6.84. The van der Waals surface area contributed by atoms with Crippen LogP contribution in [0.4, 0.5) is 0 Å². The van der Waals surface area contributed by atoms with Crippen LogP contribution in [0.1, 0.15) is 36.5 Å². The fourth-order valence-electron chi connectivity index (χ4n) is 2.54. The molecular weight excluding hydrogens is 372 g/mol. The van der Waals surface area contributed by atoms with Crippen molar-refractivity contribution in [2.45, 2.75) is 26.9 Å². The Morgan fingerprint density at radius 3 is 2.59 bits per heavy atom. The van der Waals surface area contributed by atoms with Crippen molar-refractivity contribution in [1.82, 2.24) is 10.2 Å². The highest BCUT2D eigenvalue weighted by molar-refractivity contribution is 5.90. The van der Waals surface area contributed by atoms with Gasteiger partial charge in [0.1, 0.15) is 0 Å². The van der Waals surface area contributed by atoms with Crippen molar-refractivity contribution in [3.05, 3.63) is 60.0 Å². The zero-order valence-electron chi connectivity index (χ0n) is 16.8. The van der Waals surface area contributed by atoms with Crippen LogP contribution in [0.15, 0.2) is 52.9 Å². The van der Waals surface area contributed by atoms with Gasteiger partial charge in [-0.2, -0.15) is 0 Å². The van der Waals surface area contributed by atoms with E-state index in [4.69, 9.17) is 18.6 Å². The number of rotatable bonds is 9. The van der Waals surface area contributed by atoms with Crippen molar-refractivity contribution in [1.29, 1.82) is 0 Å². The molecule has 0 N–H and O–H groups in total. The Bertz CT molecular complexity index is 937. The number of esters is 1. The summed E-state index contributed by atoms with van der Waals surface area (Å²) in [5, 5.41) is 7.89. The first-order valence-electron chi connectivity index (χ1n) is 9.42. The fraction of sp³-hybridized carbons (Fsp3) is 0.318. The molecule has 0 radical (unpaired) electrons. The summed E-state index contributed by atoms with van der Waals surface area (Å²) in [6, 6.07) is 14.3.